The zero-order valence-corrected chi connectivity index (χ0v) is 8.55. The monoisotopic (exact) mass is 223 g/mol. The Kier molecular flexibility index (Phi) is 10.2. The van der Waals surface area contributed by atoms with Crippen molar-refractivity contribution < 1.29 is 35.7 Å². The van der Waals surface area contributed by atoms with Crippen LogP contribution in [-0.4, -0.2) is 46.0 Å². The van der Waals surface area contributed by atoms with Crippen molar-refractivity contribution in [3.8, 4) is 0 Å². The number of carbonyl (C=O) groups excluding carboxylic acids is 1. The van der Waals surface area contributed by atoms with Crippen molar-refractivity contribution in [2.24, 2.45) is 0 Å². The van der Waals surface area contributed by atoms with Crippen LogP contribution >= 0.6 is 0 Å². The topological polar surface area (TPSA) is 146 Å². The molecule has 0 aromatic heterocycles. The molecule has 0 spiro atoms. The van der Waals surface area contributed by atoms with E-state index in [1.807, 2.05) is 0 Å². The molecule has 0 radical (unpaired) electrons. The molecule has 0 aromatic carbocycles. The first-order chi connectivity index (χ1) is 6.88. The third kappa shape index (κ3) is 9.13. The van der Waals surface area contributed by atoms with E-state index in [1.54, 1.807) is 0 Å². The van der Waals surface area contributed by atoms with Crippen LogP contribution in [0.15, 0.2) is 0 Å². The zero-order valence-electron chi connectivity index (χ0n) is 8.55. The number of aliphatic hydroxyl groups excluding tert-OH is 2. The van der Waals surface area contributed by atoms with Crippen LogP contribution in [0.4, 0.5) is 0 Å². The third-order valence-electron chi connectivity index (χ3n) is 1.40. The summed E-state index contributed by atoms with van der Waals surface area (Å²) in [7, 11) is 0. The van der Waals surface area contributed by atoms with Gasteiger partial charge in [0.1, 0.15) is 6.10 Å². The highest BCUT2D eigenvalue weighted by Gasteiger charge is 2.23. The van der Waals surface area contributed by atoms with E-state index in [0.29, 0.717) is 0 Å². The van der Waals surface area contributed by atoms with Gasteiger partial charge >= 0.3 is 5.97 Å². The Balaban J connectivity index is 0. The van der Waals surface area contributed by atoms with Gasteiger partial charge in [-0.15, -0.1) is 0 Å². The van der Waals surface area contributed by atoms with Crippen LogP contribution < -0.4 is 10.8 Å². The van der Waals surface area contributed by atoms with Crippen molar-refractivity contribution in [1.29, 1.82) is 0 Å². The van der Waals surface area contributed by atoms with Gasteiger partial charge in [0.15, 0.2) is 6.10 Å². The van der Waals surface area contributed by atoms with Gasteiger partial charge in [-0.2, -0.15) is 0 Å². The summed E-state index contributed by atoms with van der Waals surface area (Å²) in [6.45, 7) is 3.27. The Morgan fingerprint density at radius 1 is 1.33 bits per heavy atom. The van der Waals surface area contributed by atoms with Gasteiger partial charge in [-0.1, -0.05) is 13.3 Å². The van der Waals surface area contributed by atoms with E-state index in [0.717, 1.165) is 6.54 Å². The Bertz CT molecular complexity index is 176. The third-order valence-corrected chi connectivity index (χ3v) is 1.40. The molecular formula is C8H17NO6. The Hall–Kier alpha value is -1.18. The number of quaternary nitrogens is 1. The van der Waals surface area contributed by atoms with Crippen molar-refractivity contribution in [2.75, 3.05) is 6.54 Å². The van der Waals surface area contributed by atoms with Gasteiger partial charge in [0, 0.05) is 0 Å². The quantitative estimate of drug-likeness (QED) is 0.381. The molecule has 0 heterocycles. The summed E-state index contributed by atoms with van der Waals surface area (Å²) in [5.74, 6) is -3.83. The molecule has 0 aliphatic rings. The summed E-state index contributed by atoms with van der Waals surface area (Å²) in [6.07, 6.45) is -2.15. The second kappa shape index (κ2) is 9.38. The molecule has 0 bridgehead atoms. The molecule has 0 amide bonds. The van der Waals surface area contributed by atoms with Crippen molar-refractivity contribution in [2.45, 2.75) is 32.0 Å². The molecule has 0 saturated heterocycles. The Morgan fingerprint density at radius 2 is 1.80 bits per heavy atom. The first kappa shape index (κ1) is 16.3. The highest BCUT2D eigenvalue weighted by Crippen LogP contribution is 1.90. The first-order valence-corrected chi connectivity index (χ1v) is 4.47. The molecule has 0 aromatic rings. The summed E-state index contributed by atoms with van der Waals surface area (Å²) >= 11 is 0. The summed E-state index contributed by atoms with van der Waals surface area (Å²) in [6, 6.07) is 0. The summed E-state index contributed by atoms with van der Waals surface area (Å²) < 4.78 is 0. The molecule has 2 atom stereocenters. The van der Waals surface area contributed by atoms with E-state index in [-0.39, 0.29) is 0 Å². The van der Waals surface area contributed by atoms with E-state index in [2.05, 4.69) is 12.7 Å². The second-order valence-corrected chi connectivity index (χ2v) is 2.75. The lowest BCUT2D eigenvalue weighted by Gasteiger charge is -2.13. The van der Waals surface area contributed by atoms with Crippen LogP contribution in [0.5, 0.6) is 0 Å². The van der Waals surface area contributed by atoms with E-state index >= 15 is 0 Å². The van der Waals surface area contributed by atoms with E-state index in [9.17, 15) is 14.7 Å². The highest BCUT2D eigenvalue weighted by atomic mass is 16.4. The summed E-state index contributed by atoms with van der Waals surface area (Å²) in [4.78, 5) is 19.4. The number of hydrogen-bond donors (Lipinski definition) is 4. The van der Waals surface area contributed by atoms with Crippen molar-refractivity contribution in [3.05, 3.63) is 0 Å². The molecular weight excluding hydrogens is 206 g/mol. The maximum Gasteiger partial charge on any atom is 0.335 e. The predicted octanol–water partition coefficient (Wildman–Crippen LogP) is -3.43. The van der Waals surface area contributed by atoms with Crippen LogP contribution in [0.1, 0.15) is 19.8 Å². The van der Waals surface area contributed by atoms with E-state index < -0.39 is 24.1 Å². The minimum Gasteiger partial charge on any atom is -0.547 e. The Labute approximate surface area is 87.1 Å². The molecule has 0 fully saturated rings. The van der Waals surface area contributed by atoms with Crippen LogP contribution in [0.2, 0.25) is 0 Å². The molecule has 15 heavy (non-hydrogen) atoms. The second-order valence-electron chi connectivity index (χ2n) is 2.75. The number of aliphatic hydroxyl groups is 2. The molecule has 0 aliphatic heterocycles. The van der Waals surface area contributed by atoms with Crippen molar-refractivity contribution in [3.63, 3.8) is 0 Å². The van der Waals surface area contributed by atoms with E-state index in [4.69, 9.17) is 15.3 Å². The molecule has 90 valence electrons. The number of hydrogen-bond acceptors (Lipinski definition) is 5. The van der Waals surface area contributed by atoms with Crippen LogP contribution in [0.25, 0.3) is 0 Å². The molecule has 6 N–H and O–H groups in total. The minimum absolute atomic E-state index is 1.09. The number of carboxylic acids is 2. The lowest BCUT2D eigenvalue weighted by atomic mass is 10.2. The molecule has 7 nitrogen and oxygen atoms in total. The van der Waals surface area contributed by atoms with Gasteiger partial charge in [-0.25, -0.2) is 4.79 Å². The Morgan fingerprint density at radius 3 is 1.87 bits per heavy atom. The van der Waals surface area contributed by atoms with Crippen molar-refractivity contribution >= 4 is 11.9 Å². The number of aliphatic carboxylic acids is 2. The average Bonchev–Trinajstić information content (AvgIpc) is 2.17. The summed E-state index contributed by atoms with van der Waals surface area (Å²) in [5.41, 5.74) is 3.68. The largest absolute Gasteiger partial charge is 0.547 e. The molecule has 0 rings (SSSR count). The lowest BCUT2D eigenvalue weighted by Crippen LogP contribution is -2.49. The number of unbranched alkanes of at least 4 members (excludes halogenated alkanes) is 1. The number of carboxylic acid groups (broad SMARTS) is 2. The predicted molar refractivity (Wildman–Crippen MR) is 47.3 cm³/mol. The lowest BCUT2D eigenvalue weighted by molar-refractivity contribution is -0.368. The van der Waals surface area contributed by atoms with Gasteiger partial charge in [0.2, 0.25) is 0 Å². The van der Waals surface area contributed by atoms with Gasteiger partial charge < -0.3 is 31.0 Å². The smallest absolute Gasteiger partial charge is 0.335 e. The normalized spacial score (nSPS) is 13.3. The fraction of sp³-hybridized carbons (Fsp3) is 0.750. The van der Waals surface area contributed by atoms with Gasteiger partial charge in [-0.05, 0) is 6.42 Å². The first-order valence-electron chi connectivity index (χ1n) is 4.47. The zero-order chi connectivity index (χ0) is 12.4. The van der Waals surface area contributed by atoms with Crippen LogP contribution in [-0.2, 0) is 9.59 Å². The maximum atomic E-state index is 9.74. The van der Waals surface area contributed by atoms with Crippen molar-refractivity contribution in [1.82, 2.24) is 0 Å². The van der Waals surface area contributed by atoms with Gasteiger partial charge in [-0.3, -0.25) is 0 Å². The molecule has 7 heteroatoms. The molecule has 0 aliphatic carbocycles. The fourth-order valence-electron chi connectivity index (χ4n) is 0.514. The SMILES string of the molecule is CCCC[NH3+].O=C([O-])[C@H](O)[C@@H](O)C(=O)O. The van der Waals surface area contributed by atoms with Crippen LogP contribution in [0, 0.1) is 0 Å². The maximum absolute atomic E-state index is 9.74. The van der Waals surface area contributed by atoms with Crippen LogP contribution in [0.3, 0.4) is 0 Å². The average molecular weight is 223 g/mol. The molecule has 0 saturated carbocycles. The van der Waals surface area contributed by atoms with E-state index in [1.165, 1.54) is 12.8 Å². The summed E-state index contributed by atoms with van der Waals surface area (Å²) in [5, 5.41) is 34.1. The number of rotatable bonds is 5. The molecule has 0 unspecified atom stereocenters. The standard InChI is InChI=1S/C4H11N.C4H6O6/c1-2-3-4-5;5-1(3(7)8)2(6)4(9)10/h2-5H2,1H3;1-2,5-6H,(H,7,8)(H,9,10)/t;1-,2-/m.1/s1. The number of carbonyl (C=O) groups is 2. The highest BCUT2D eigenvalue weighted by molar-refractivity contribution is 5.81. The van der Waals surface area contributed by atoms with Gasteiger partial charge in [0.25, 0.3) is 0 Å². The van der Waals surface area contributed by atoms with Gasteiger partial charge in [0.05, 0.1) is 12.5 Å². The fourth-order valence-corrected chi connectivity index (χ4v) is 0.514. The minimum atomic E-state index is -2.38.